The largest absolute Gasteiger partial charge is 0.344 e. The minimum absolute atomic E-state index is 0.271. The lowest BCUT2D eigenvalue weighted by molar-refractivity contribution is 0.0785. The Morgan fingerprint density at radius 3 is 2.41 bits per heavy atom. The molecule has 22 heavy (non-hydrogen) atoms. The van der Waals surface area contributed by atoms with E-state index in [0.717, 1.165) is 5.56 Å². The van der Waals surface area contributed by atoms with Crippen molar-refractivity contribution in [3.05, 3.63) is 68.7 Å². The van der Waals surface area contributed by atoms with Crippen LogP contribution in [0.3, 0.4) is 0 Å². The number of epoxide rings is 1. The van der Waals surface area contributed by atoms with Gasteiger partial charge in [0.15, 0.2) is 0 Å². The zero-order valence-electron chi connectivity index (χ0n) is 11.5. The molecule has 2 aromatic rings. The summed E-state index contributed by atoms with van der Waals surface area (Å²) in [6, 6.07) is 10.2. The molecule has 2 aliphatic rings. The van der Waals surface area contributed by atoms with Gasteiger partial charge in [-0.1, -0.05) is 47.0 Å². The van der Waals surface area contributed by atoms with Crippen molar-refractivity contribution in [2.24, 2.45) is 0 Å². The first kappa shape index (κ1) is 13.9. The van der Waals surface area contributed by atoms with Crippen LogP contribution in [0.5, 0.6) is 0 Å². The Balaban J connectivity index is 1.78. The number of aryl methyl sites for hydroxylation is 1. The summed E-state index contributed by atoms with van der Waals surface area (Å²) < 4.78 is 5.59. The average Bonchev–Trinajstić information content (AvgIpc) is 3.21. The molecule has 2 atom stereocenters. The maximum Gasteiger partial charge on any atom is 0.224 e. The summed E-state index contributed by atoms with van der Waals surface area (Å²) in [5, 5.41) is 0.791. The molecular weight excluding hydrogens is 323 g/mol. The molecule has 0 bridgehead atoms. The summed E-state index contributed by atoms with van der Waals surface area (Å²) in [4.78, 5) is 25.3. The minimum Gasteiger partial charge on any atom is -0.344 e. The summed E-state index contributed by atoms with van der Waals surface area (Å²) in [5.74, 6) is -0.546. The number of rotatable bonds is 1. The zero-order valence-corrected chi connectivity index (χ0v) is 13.0. The summed E-state index contributed by atoms with van der Waals surface area (Å²) in [5.41, 5.74) is 1.07. The van der Waals surface area contributed by atoms with Crippen LogP contribution in [0.4, 0.5) is 0 Å². The summed E-state index contributed by atoms with van der Waals surface area (Å²) in [6.45, 7) is 1.88. The lowest BCUT2D eigenvalue weighted by atomic mass is 9.95. The van der Waals surface area contributed by atoms with E-state index in [1.807, 2.05) is 13.0 Å². The number of carbonyl (C=O) groups is 2. The first-order valence-corrected chi connectivity index (χ1v) is 7.54. The molecule has 5 heteroatoms. The van der Waals surface area contributed by atoms with Crippen LogP contribution in [-0.2, 0) is 4.74 Å². The maximum atomic E-state index is 12.7. The number of benzene rings is 2. The molecule has 1 saturated heterocycles. The van der Waals surface area contributed by atoms with Crippen LogP contribution in [0, 0.1) is 6.92 Å². The second-order valence-corrected chi connectivity index (χ2v) is 6.43. The van der Waals surface area contributed by atoms with Crippen molar-refractivity contribution in [1.82, 2.24) is 0 Å². The molecule has 1 aliphatic heterocycles. The molecule has 1 aliphatic carbocycles. The molecular formula is C17H10Cl2O3. The fourth-order valence-electron chi connectivity index (χ4n) is 3.02. The molecule has 0 amide bonds. The van der Waals surface area contributed by atoms with Gasteiger partial charge in [0, 0.05) is 11.1 Å². The van der Waals surface area contributed by atoms with E-state index >= 15 is 0 Å². The van der Waals surface area contributed by atoms with E-state index in [9.17, 15) is 9.59 Å². The summed E-state index contributed by atoms with van der Waals surface area (Å²) in [6.07, 6.45) is -0.602. The van der Waals surface area contributed by atoms with E-state index in [1.165, 1.54) is 0 Å². The number of ketones is 2. The van der Waals surface area contributed by atoms with Gasteiger partial charge in [0.05, 0.1) is 10.0 Å². The SMILES string of the molecule is Cc1ccc2c(c1)C(=O)[C@]1(O[C@H]1c1ccc(Cl)c(Cl)c1)C2=O. The van der Waals surface area contributed by atoms with Crippen LogP contribution in [-0.4, -0.2) is 17.2 Å². The Morgan fingerprint density at radius 2 is 1.68 bits per heavy atom. The Hall–Kier alpha value is -1.68. The Morgan fingerprint density at radius 1 is 0.955 bits per heavy atom. The Bertz CT molecular complexity index is 859. The summed E-state index contributed by atoms with van der Waals surface area (Å²) in [7, 11) is 0. The lowest BCUT2D eigenvalue weighted by Gasteiger charge is -2.02. The molecule has 1 fully saturated rings. The normalized spacial score (nSPS) is 25.7. The number of fused-ring (bicyclic) bond motifs is 1. The molecule has 0 N–H and O–H groups in total. The number of Topliss-reactive ketones (excluding diaryl/α,β-unsaturated/α-hetero) is 2. The molecule has 110 valence electrons. The van der Waals surface area contributed by atoms with Crippen molar-refractivity contribution in [3.8, 4) is 0 Å². The fourth-order valence-corrected chi connectivity index (χ4v) is 3.33. The standard InChI is InChI=1S/C17H10Cl2O3/c1-8-2-4-10-11(6-8)15(21)17(14(10)20)16(22-17)9-3-5-12(18)13(19)7-9/h2-7,16H,1H3/t16-,17+/m0/s1. The van der Waals surface area contributed by atoms with Crippen LogP contribution in [0.2, 0.25) is 10.0 Å². The third-order valence-corrected chi connectivity index (χ3v) is 4.94. The minimum atomic E-state index is -1.41. The molecule has 0 unspecified atom stereocenters. The van der Waals surface area contributed by atoms with Gasteiger partial charge in [-0.2, -0.15) is 0 Å². The Labute approximate surface area is 136 Å². The van der Waals surface area contributed by atoms with Crippen LogP contribution in [0.15, 0.2) is 36.4 Å². The highest BCUT2D eigenvalue weighted by molar-refractivity contribution is 6.42. The first-order valence-electron chi connectivity index (χ1n) is 6.78. The second kappa shape index (κ2) is 4.42. The van der Waals surface area contributed by atoms with E-state index in [2.05, 4.69) is 0 Å². The number of halogens is 2. The molecule has 4 rings (SSSR count). The van der Waals surface area contributed by atoms with Gasteiger partial charge in [0.25, 0.3) is 0 Å². The molecule has 1 spiro atoms. The van der Waals surface area contributed by atoms with Crippen LogP contribution < -0.4 is 0 Å². The van der Waals surface area contributed by atoms with E-state index in [-0.39, 0.29) is 11.6 Å². The van der Waals surface area contributed by atoms with E-state index in [0.29, 0.717) is 26.7 Å². The zero-order chi connectivity index (χ0) is 15.6. The third-order valence-electron chi connectivity index (χ3n) is 4.20. The van der Waals surface area contributed by atoms with Crippen molar-refractivity contribution in [2.75, 3.05) is 0 Å². The highest BCUT2D eigenvalue weighted by Crippen LogP contribution is 2.57. The quantitative estimate of drug-likeness (QED) is 0.581. The Kier molecular flexibility index (Phi) is 2.80. The predicted octanol–water partition coefficient (Wildman–Crippen LogP) is 4.19. The van der Waals surface area contributed by atoms with Gasteiger partial charge in [0.2, 0.25) is 17.2 Å². The maximum absolute atomic E-state index is 12.7. The highest BCUT2D eigenvalue weighted by atomic mass is 35.5. The number of hydrogen-bond acceptors (Lipinski definition) is 3. The van der Waals surface area contributed by atoms with Crippen molar-refractivity contribution in [2.45, 2.75) is 18.6 Å². The van der Waals surface area contributed by atoms with E-state index in [4.69, 9.17) is 27.9 Å². The second-order valence-electron chi connectivity index (χ2n) is 5.61. The number of carbonyl (C=O) groups excluding carboxylic acids is 2. The van der Waals surface area contributed by atoms with Gasteiger partial charge in [0.1, 0.15) is 6.10 Å². The van der Waals surface area contributed by atoms with Gasteiger partial charge < -0.3 is 4.74 Å². The molecule has 0 radical (unpaired) electrons. The predicted molar refractivity (Wildman–Crippen MR) is 82.9 cm³/mol. The molecule has 0 aromatic heterocycles. The number of ether oxygens (including phenoxy) is 1. The van der Waals surface area contributed by atoms with E-state index in [1.54, 1.807) is 30.3 Å². The molecule has 2 aromatic carbocycles. The van der Waals surface area contributed by atoms with Gasteiger partial charge in [-0.15, -0.1) is 0 Å². The smallest absolute Gasteiger partial charge is 0.224 e. The van der Waals surface area contributed by atoms with Crippen molar-refractivity contribution >= 4 is 34.8 Å². The summed E-state index contributed by atoms with van der Waals surface area (Å²) >= 11 is 11.9. The molecule has 1 heterocycles. The average molecular weight is 333 g/mol. The van der Waals surface area contributed by atoms with Gasteiger partial charge in [-0.3, -0.25) is 9.59 Å². The first-order chi connectivity index (χ1) is 10.4. The lowest BCUT2D eigenvalue weighted by Crippen LogP contribution is -2.27. The monoisotopic (exact) mass is 332 g/mol. The number of hydrogen-bond donors (Lipinski definition) is 0. The van der Waals surface area contributed by atoms with Gasteiger partial charge >= 0.3 is 0 Å². The van der Waals surface area contributed by atoms with Crippen LogP contribution in [0.25, 0.3) is 0 Å². The molecule has 3 nitrogen and oxygen atoms in total. The van der Waals surface area contributed by atoms with Crippen LogP contribution >= 0.6 is 23.2 Å². The highest BCUT2D eigenvalue weighted by Gasteiger charge is 2.72. The van der Waals surface area contributed by atoms with Crippen molar-refractivity contribution in [1.29, 1.82) is 0 Å². The third kappa shape index (κ3) is 1.67. The van der Waals surface area contributed by atoms with Gasteiger partial charge in [-0.05, 0) is 30.7 Å². The van der Waals surface area contributed by atoms with Crippen LogP contribution in [0.1, 0.15) is 37.9 Å². The fraction of sp³-hybridized carbons (Fsp3) is 0.176. The van der Waals surface area contributed by atoms with Crippen molar-refractivity contribution in [3.63, 3.8) is 0 Å². The van der Waals surface area contributed by atoms with E-state index < -0.39 is 11.7 Å². The molecule has 0 saturated carbocycles. The topological polar surface area (TPSA) is 46.7 Å². The van der Waals surface area contributed by atoms with Gasteiger partial charge in [-0.25, -0.2) is 0 Å². The van der Waals surface area contributed by atoms with Crippen molar-refractivity contribution < 1.29 is 14.3 Å².